The molecule has 0 bridgehead atoms. The van der Waals surface area contributed by atoms with Crippen molar-refractivity contribution in [1.82, 2.24) is 4.31 Å². The standard InChI is InChI=1S/C19H24N6O6S/c1-5-23(6-2)32(30,31)19-12-16(25(28)29)7-9-17(19)21-20-13-14-11-15(24(26)27)8-10-18(14)22(3)4/h7-13,21H,5-6H2,1-4H3. The van der Waals surface area contributed by atoms with Gasteiger partial charge in [0.1, 0.15) is 4.90 Å². The Labute approximate surface area is 185 Å². The van der Waals surface area contributed by atoms with Gasteiger partial charge in [0.25, 0.3) is 11.4 Å². The van der Waals surface area contributed by atoms with Gasteiger partial charge in [-0.25, -0.2) is 8.42 Å². The number of benzene rings is 2. The lowest BCUT2D eigenvalue weighted by Crippen LogP contribution is -2.31. The zero-order valence-corrected chi connectivity index (χ0v) is 18.9. The van der Waals surface area contributed by atoms with Crippen LogP contribution in [0.15, 0.2) is 46.4 Å². The summed E-state index contributed by atoms with van der Waals surface area (Å²) in [6, 6.07) is 7.67. The lowest BCUT2D eigenvalue weighted by atomic mass is 10.1. The summed E-state index contributed by atoms with van der Waals surface area (Å²) in [6.07, 6.45) is 1.32. The highest BCUT2D eigenvalue weighted by atomic mass is 32.2. The number of hydrogen-bond donors (Lipinski definition) is 1. The Morgan fingerprint density at radius 3 is 2.09 bits per heavy atom. The van der Waals surface area contributed by atoms with Gasteiger partial charge < -0.3 is 4.90 Å². The maximum absolute atomic E-state index is 13.0. The van der Waals surface area contributed by atoms with Gasteiger partial charge in [0.2, 0.25) is 10.0 Å². The van der Waals surface area contributed by atoms with Gasteiger partial charge in [0.05, 0.1) is 21.7 Å². The first-order chi connectivity index (χ1) is 15.0. The molecule has 0 aliphatic heterocycles. The van der Waals surface area contributed by atoms with E-state index >= 15 is 0 Å². The van der Waals surface area contributed by atoms with Crippen LogP contribution in [0.2, 0.25) is 0 Å². The van der Waals surface area contributed by atoms with Crippen molar-refractivity contribution >= 4 is 39.0 Å². The molecule has 12 nitrogen and oxygen atoms in total. The summed E-state index contributed by atoms with van der Waals surface area (Å²) >= 11 is 0. The van der Waals surface area contributed by atoms with Crippen LogP contribution in [-0.2, 0) is 10.0 Å². The fraction of sp³-hybridized carbons (Fsp3) is 0.316. The number of non-ortho nitro benzene ring substituents is 2. The number of nitrogens with zero attached hydrogens (tertiary/aromatic N) is 5. The van der Waals surface area contributed by atoms with E-state index in [2.05, 4.69) is 10.5 Å². The monoisotopic (exact) mass is 464 g/mol. The van der Waals surface area contributed by atoms with Gasteiger partial charge in [-0.05, 0) is 12.1 Å². The number of nitro benzene ring substituents is 2. The van der Waals surface area contributed by atoms with Crippen molar-refractivity contribution in [1.29, 1.82) is 0 Å². The average Bonchev–Trinajstić information content (AvgIpc) is 2.74. The molecule has 0 aliphatic rings. The van der Waals surface area contributed by atoms with Crippen LogP contribution in [0, 0.1) is 20.2 Å². The predicted octanol–water partition coefficient (Wildman–Crippen LogP) is 3.05. The number of hydrogen-bond acceptors (Lipinski definition) is 9. The molecule has 32 heavy (non-hydrogen) atoms. The smallest absolute Gasteiger partial charge is 0.270 e. The van der Waals surface area contributed by atoms with Crippen molar-refractivity contribution in [3.05, 3.63) is 62.2 Å². The molecule has 0 aromatic heterocycles. The van der Waals surface area contributed by atoms with Gasteiger partial charge in [-0.15, -0.1) is 0 Å². The summed E-state index contributed by atoms with van der Waals surface area (Å²) in [4.78, 5) is 22.5. The summed E-state index contributed by atoms with van der Waals surface area (Å²) in [6.45, 7) is 3.69. The largest absolute Gasteiger partial charge is 0.377 e. The molecule has 0 radical (unpaired) electrons. The molecular formula is C19H24N6O6S. The zero-order chi connectivity index (χ0) is 24.1. The van der Waals surface area contributed by atoms with Crippen molar-refractivity contribution in [2.24, 2.45) is 5.10 Å². The van der Waals surface area contributed by atoms with Crippen LogP contribution in [0.5, 0.6) is 0 Å². The molecule has 0 spiro atoms. The second-order valence-corrected chi connectivity index (χ2v) is 8.70. The van der Waals surface area contributed by atoms with Crippen molar-refractivity contribution in [2.45, 2.75) is 18.7 Å². The number of sulfonamides is 1. The van der Waals surface area contributed by atoms with E-state index in [1.807, 2.05) is 0 Å². The van der Waals surface area contributed by atoms with Crippen molar-refractivity contribution in [3.63, 3.8) is 0 Å². The first-order valence-corrected chi connectivity index (χ1v) is 11.0. The molecule has 0 aliphatic carbocycles. The Bertz CT molecular complexity index is 1140. The Morgan fingerprint density at radius 1 is 1.00 bits per heavy atom. The Kier molecular flexibility index (Phi) is 7.83. The first kappa shape index (κ1) is 24.7. The SMILES string of the molecule is CCN(CC)S(=O)(=O)c1cc([N+](=O)[O-])ccc1NN=Cc1cc([N+](=O)[O-])ccc1N(C)C. The number of rotatable bonds is 10. The summed E-state index contributed by atoms with van der Waals surface area (Å²) in [5, 5.41) is 26.3. The van der Waals surface area contributed by atoms with E-state index in [4.69, 9.17) is 0 Å². The second kappa shape index (κ2) is 10.2. The number of hydrazone groups is 1. The second-order valence-electron chi connectivity index (χ2n) is 6.79. The minimum Gasteiger partial charge on any atom is -0.377 e. The third kappa shape index (κ3) is 5.36. The summed E-state index contributed by atoms with van der Waals surface area (Å²) < 4.78 is 27.2. The van der Waals surface area contributed by atoms with Gasteiger partial charge in [-0.1, -0.05) is 13.8 Å². The third-order valence-electron chi connectivity index (χ3n) is 4.59. The highest BCUT2D eigenvalue weighted by Gasteiger charge is 2.27. The van der Waals surface area contributed by atoms with Crippen molar-refractivity contribution in [3.8, 4) is 0 Å². The van der Waals surface area contributed by atoms with Gasteiger partial charge in [-0.3, -0.25) is 25.7 Å². The molecule has 2 aromatic rings. The lowest BCUT2D eigenvalue weighted by molar-refractivity contribution is -0.385. The lowest BCUT2D eigenvalue weighted by Gasteiger charge is -2.20. The fourth-order valence-corrected chi connectivity index (χ4v) is 4.59. The Hall–Kier alpha value is -3.58. The van der Waals surface area contributed by atoms with Crippen LogP contribution in [0.25, 0.3) is 0 Å². The summed E-state index contributed by atoms with van der Waals surface area (Å²) in [5.41, 5.74) is 3.21. The molecular weight excluding hydrogens is 440 g/mol. The minimum absolute atomic E-state index is 0.0376. The average molecular weight is 465 g/mol. The highest BCUT2D eigenvalue weighted by molar-refractivity contribution is 7.89. The van der Waals surface area contributed by atoms with Crippen LogP contribution in [0.4, 0.5) is 22.7 Å². The van der Waals surface area contributed by atoms with Gasteiger partial charge >= 0.3 is 0 Å². The molecule has 0 saturated heterocycles. The first-order valence-electron chi connectivity index (χ1n) is 9.56. The molecule has 13 heteroatoms. The van der Waals surface area contributed by atoms with Crippen molar-refractivity contribution in [2.75, 3.05) is 37.5 Å². The highest BCUT2D eigenvalue weighted by Crippen LogP contribution is 2.29. The van der Waals surface area contributed by atoms with E-state index in [9.17, 15) is 28.6 Å². The third-order valence-corrected chi connectivity index (χ3v) is 6.68. The molecule has 2 rings (SSSR count). The molecule has 0 saturated carbocycles. The maximum Gasteiger partial charge on any atom is 0.270 e. The van der Waals surface area contributed by atoms with Gasteiger partial charge in [0, 0.05) is 62.7 Å². The normalized spacial score (nSPS) is 11.7. The van der Waals surface area contributed by atoms with Gasteiger partial charge in [0.15, 0.2) is 0 Å². The Morgan fingerprint density at radius 2 is 1.56 bits per heavy atom. The maximum atomic E-state index is 13.0. The van der Waals surface area contributed by atoms with Crippen LogP contribution in [0.1, 0.15) is 19.4 Å². The van der Waals surface area contributed by atoms with Gasteiger partial charge in [-0.2, -0.15) is 9.41 Å². The van der Waals surface area contributed by atoms with E-state index in [0.29, 0.717) is 11.3 Å². The van der Waals surface area contributed by atoms with E-state index in [1.165, 1.54) is 28.7 Å². The predicted molar refractivity (Wildman–Crippen MR) is 122 cm³/mol. The van der Waals surface area contributed by atoms with E-state index in [0.717, 1.165) is 12.1 Å². The Balaban J connectivity index is 2.50. The summed E-state index contributed by atoms with van der Waals surface area (Å²) in [7, 11) is -0.506. The molecule has 172 valence electrons. The van der Waals surface area contributed by atoms with Crippen LogP contribution in [-0.4, -0.2) is 56.0 Å². The molecule has 0 amide bonds. The molecule has 0 unspecified atom stereocenters. The van der Waals surface area contributed by atoms with Crippen molar-refractivity contribution < 1.29 is 18.3 Å². The summed E-state index contributed by atoms with van der Waals surface area (Å²) in [5.74, 6) is 0. The quantitative estimate of drug-likeness (QED) is 0.320. The molecule has 1 N–H and O–H groups in total. The molecule has 0 fully saturated rings. The topological polar surface area (TPSA) is 151 Å². The van der Waals surface area contributed by atoms with E-state index < -0.39 is 19.9 Å². The van der Waals surface area contributed by atoms with Crippen LogP contribution >= 0.6 is 0 Å². The number of nitro groups is 2. The minimum atomic E-state index is -4.03. The molecule has 0 atom stereocenters. The fourth-order valence-electron chi connectivity index (χ4n) is 2.97. The van der Waals surface area contributed by atoms with Crippen LogP contribution < -0.4 is 10.3 Å². The number of anilines is 2. The van der Waals surface area contributed by atoms with Crippen LogP contribution in [0.3, 0.4) is 0 Å². The van der Waals surface area contributed by atoms with E-state index in [1.54, 1.807) is 38.9 Å². The number of nitrogens with one attached hydrogen (secondary N) is 1. The molecule has 2 aromatic carbocycles. The zero-order valence-electron chi connectivity index (χ0n) is 18.0. The van der Waals surface area contributed by atoms with E-state index in [-0.39, 0.29) is 35.0 Å². The molecule has 0 heterocycles.